The zero-order valence-corrected chi connectivity index (χ0v) is 12.8. The van der Waals surface area contributed by atoms with E-state index in [0.29, 0.717) is 23.3 Å². The molecule has 0 spiro atoms. The van der Waals surface area contributed by atoms with Crippen LogP contribution in [0.1, 0.15) is 11.5 Å². The van der Waals surface area contributed by atoms with Gasteiger partial charge < -0.3 is 15.1 Å². The third kappa shape index (κ3) is 3.56. The van der Waals surface area contributed by atoms with Crippen LogP contribution in [0.25, 0.3) is 0 Å². The van der Waals surface area contributed by atoms with Gasteiger partial charge in [-0.1, -0.05) is 23.7 Å². The van der Waals surface area contributed by atoms with Crippen LogP contribution in [-0.2, 0) is 6.54 Å². The maximum atomic E-state index is 6.15. The quantitative estimate of drug-likeness (QED) is 0.731. The summed E-state index contributed by atoms with van der Waals surface area (Å²) < 4.78 is 5.28. The second-order valence-corrected chi connectivity index (χ2v) is 5.16. The highest BCUT2D eigenvalue weighted by Crippen LogP contribution is 2.24. The van der Waals surface area contributed by atoms with Crippen LogP contribution in [0.2, 0.25) is 5.02 Å². The molecular formula is C16H15ClN4O. The van der Waals surface area contributed by atoms with E-state index in [-0.39, 0.29) is 0 Å². The smallest absolute Gasteiger partial charge is 0.225 e. The number of hydrogen-bond donors (Lipinski definition) is 2. The topological polar surface area (TPSA) is 63.0 Å². The molecule has 0 amide bonds. The van der Waals surface area contributed by atoms with Gasteiger partial charge in [-0.2, -0.15) is 4.98 Å². The number of anilines is 3. The Hall–Kier alpha value is -2.53. The SMILES string of the molecule is Cc1cc(Nc2ccccc2Cl)nc(NCc2ccco2)n1. The standard InChI is InChI=1S/C16H15ClN4O/c1-11-9-15(20-14-7-3-2-6-13(14)17)21-16(19-11)18-10-12-5-4-8-22-12/h2-9H,10H2,1H3,(H2,18,19,20,21). The van der Waals surface area contributed by atoms with Crippen LogP contribution in [0.3, 0.4) is 0 Å². The van der Waals surface area contributed by atoms with Gasteiger partial charge in [0.25, 0.3) is 0 Å². The lowest BCUT2D eigenvalue weighted by Gasteiger charge is -2.10. The molecule has 2 N–H and O–H groups in total. The van der Waals surface area contributed by atoms with Gasteiger partial charge in [0.1, 0.15) is 11.6 Å². The van der Waals surface area contributed by atoms with Gasteiger partial charge in [-0.15, -0.1) is 0 Å². The summed E-state index contributed by atoms with van der Waals surface area (Å²) in [5.41, 5.74) is 1.66. The molecule has 0 aliphatic rings. The average molecular weight is 315 g/mol. The van der Waals surface area contributed by atoms with Gasteiger partial charge >= 0.3 is 0 Å². The highest BCUT2D eigenvalue weighted by Gasteiger charge is 2.05. The van der Waals surface area contributed by atoms with Gasteiger partial charge in [-0.3, -0.25) is 0 Å². The van der Waals surface area contributed by atoms with Crippen LogP contribution in [0.4, 0.5) is 17.5 Å². The van der Waals surface area contributed by atoms with Gasteiger partial charge in [-0.05, 0) is 31.2 Å². The molecule has 1 aromatic carbocycles. The molecule has 2 aromatic heterocycles. The predicted molar refractivity (Wildman–Crippen MR) is 87.5 cm³/mol. The van der Waals surface area contributed by atoms with E-state index in [1.165, 1.54) is 0 Å². The number of hydrogen-bond acceptors (Lipinski definition) is 5. The van der Waals surface area contributed by atoms with Crippen molar-refractivity contribution < 1.29 is 4.42 Å². The molecule has 2 heterocycles. The molecule has 0 saturated carbocycles. The van der Waals surface area contributed by atoms with Crippen molar-refractivity contribution >= 4 is 29.1 Å². The van der Waals surface area contributed by atoms with Crippen molar-refractivity contribution in [1.82, 2.24) is 9.97 Å². The molecule has 0 unspecified atom stereocenters. The van der Waals surface area contributed by atoms with Crippen molar-refractivity contribution in [2.24, 2.45) is 0 Å². The van der Waals surface area contributed by atoms with E-state index in [9.17, 15) is 0 Å². The van der Waals surface area contributed by atoms with Crippen molar-refractivity contribution in [2.45, 2.75) is 13.5 Å². The fourth-order valence-electron chi connectivity index (χ4n) is 1.99. The minimum absolute atomic E-state index is 0.530. The van der Waals surface area contributed by atoms with E-state index in [4.69, 9.17) is 16.0 Å². The Morgan fingerprint density at radius 3 is 2.77 bits per heavy atom. The van der Waals surface area contributed by atoms with E-state index in [2.05, 4.69) is 20.6 Å². The van der Waals surface area contributed by atoms with Crippen LogP contribution in [-0.4, -0.2) is 9.97 Å². The maximum absolute atomic E-state index is 6.15. The molecule has 0 saturated heterocycles. The summed E-state index contributed by atoms with van der Waals surface area (Å²) in [6.07, 6.45) is 1.64. The Bertz CT molecular complexity index is 759. The van der Waals surface area contributed by atoms with Crippen LogP contribution in [0.15, 0.2) is 53.1 Å². The maximum Gasteiger partial charge on any atom is 0.225 e. The van der Waals surface area contributed by atoms with E-state index >= 15 is 0 Å². The first-order valence-electron chi connectivity index (χ1n) is 6.84. The number of halogens is 1. The number of aromatic nitrogens is 2. The lowest BCUT2D eigenvalue weighted by atomic mass is 10.3. The molecule has 6 heteroatoms. The Kier molecular flexibility index (Phi) is 4.25. The minimum atomic E-state index is 0.530. The Balaban J connectivity index is 1.76. The van der Waals surface area contributed by atoms with E-state index in [0.717, 1.165) is 17.1 Å². The number of rotatable bonds is 5. The van der Waals surface area contributed by atoms with Crippen molar-refractivity contribution in [3.05, 3.63) is 65.2 Å². The number of furan rings is 1. The largest absolute Gasteiger partial charge is 0.467 e. The molecule has 5 nitrogen and oxygen atoms in total. The molecule has 0 bridgehead atoms. The van der Waals surface area contributed by atoms with Crippen LogP contribution < -0.4 is 10.6 Å². The lowest BCUT2D eigenvalue weighted by molar-refractivity contribution is 0.517. The lowest BCUT2D eigenvalue weighted by Crippen LogP contribution is -2.06. The van der Waals surface area contributed by atoms with Gasteiger partial charge in [0, 0.05) is 11.8 Å². The Morgan fingerprint density at radius 1 is 1.14 bits per heavy atom. The normalized spacial score (nSPS) is 10.5. The van der Waals surface area contributed by atoms with Crippen LogP contribution in [0.5, 0.6) is 0 Å². The van der Waals surface area contributed by atoms with E-state index in [1.807, 2.05) is 49.4 Å². The van der Waals surface area contributed by atoms with Gasteiger partial charge in [0.05, 0.1) is 23.5 Å². The fraction of sp³-hybridized carbons (Fsp3) is 0.125. The first-order valence-corrected chi connectivity index (χ1v) is 7.22. The summed E-state index contributed by atoms with van der Waals surface area (Å²) in [5.74, 6) is 2.04. The van der Waals surface area contributed by atoms with E-state index in [1.54, 1.807) is 6.26 Å². The van der Waals surface area contributed by atoms with E-state index < -0.39 is 0 Å². The Morgan fingerprint density at radius 2 is 2.00 bits per heavy atom. The molecule has 0 fully saturated rings. The van der Waals surface area contributed by atoms with Crippen LogP contribution >= 0.6 is 11.6 Å². The van der Waals surface area contributed by atoms with Crippen molar-refractivity contribution in [1.29, 1.82) is 0 Å². The average Bonchev–Trinajstić information content (AvgIpc) is 3.00. The first kappa shape index (κ1) is 14.4. The van der Waals surface area contributed by atoms with Crippen molar-refractivity contribution in [3.63, 3.8) is 0 Å². The molecule has 0 aliphatic heterocycles. The molecule has 112 valence electrons. The number of nitrogens with one attached hydrogen (secondary N) is 2. The summed E-state index contributed by atoms with van der Waals surface area (Å²) in [6, 6.07) is 13.1. The molecular weight excluding hydrogens is 300 g/mol. The number of benzene rings is 1. The molecule has 3 aromatic rings. The number of nitrogens with zero attached hydrogens (tertiary/aromatic N) is 2. The summed E-state index contributed by atoms with van der Waals surface area (Å²) in [6.45, 7) is 2.44. The van der Waals surface area contributed by atoms with Gasteiger partial charge in [0.2, 0.25) is 5.95 Å². The number of aryl methyl sites for hydroxylation is 1. The first-order chi connectivity index (χ1) is 10.7. The minimum Gasteiger partial charge on any atom is -0.467 e. The molecule has 22 heavy (non-hydrogen) atoms. The summed E-state index contributed by atoms with van der Waals surface area (Å²) >= 11 is 6.15. The van der Waals surface area contributed by atoms with Crippen molar-refractivity contribution in [2.75, 3.05) is 10.6 Å². The fourth-order valence-corrected chi connectivity index (χ4v) is 2.17. The molecule has 3 rings (SSSR count). The second kappa shape index (κ2) is 6.49. The zero-order chi connectivity index (χ0) is 15.4. The third-order valence-corrected chi connectivity index (χ3v) is 3.32. The molecule has 0 atom stereocenters. The summed E-state index contributed by atoms with van der Waals surface area (Å²) in [7, 11) is 0. The second-order valence-electron chi connectivity index (χ2n) is 4.76. The predicted octanol–water partition coefficient (Wildman–Crippen LogP) is 4.39. The Labute approximate surface area is 133 Å². The monoisotopic (exact) mass is 314 g/mol. The highest BCUT2D eigenvalue weighted by molar-refractivity contribution is 6.33. The summed E-state index contributed by atoms with van der Waals surface area (Å²) in [4.78, 5) is 8.80. The highest BCUT2D eigenvalue weighted by atomic mass is 35.5. The van der Waals surface area contributed by atoms with Crippen LogP contribution in [0, 0.1) is 6.92 Å². The third-order valence-electron chi connectivity index (χ3n) is 2.99. The molecule has 0 aliphatic carbocycles. The number of para-hydroxylation sites is 1. The zero-order valence-electron chi connectivity index (χ0n) is 12.0. The van der Waals surface area contributed by atoms with Crippen molar-refractivity contribution in [3.8, 4) is 0 Å². The van der Waals surface area contributed by atoms with Gasteiger partial charge in [0.15, 0.2) is 0 Å². The summed E-state index contributed by atoms with van der Waals surface area (Å²) in [5, 5.41) is 6.98. The van der Waals surface area contributed by atoms with Gasteiger partial charge in [-0.25, -0.2) is 4.98 Å². The molecule has 0 radical (unpaired) electrons.